The Kier molecular flexibility index (Phi) is 3.16. The maximum absolute atomic E-state index is 12.5. The van der Waals surface area contributed by atoms with Crippen LogP contribution in [0.3, 0.4) is 0 Å². The molecule has 1 fully saturated rings. The molecule has 1 saturated heterocycles. The van der Waals surface area contributed by atoms with Crippen molar-refractivity contribution in [2.75, 3.05) is 13.2 Å². The minimum absolute atomic E-state index is 0.140. The fourth-order valence-corrected chi connectivity index (χ4v) is 3.53. The largest absolute Gasteiger partial charge is 0.368 e. The van der Waals surface area contributed by atoms with E-state index in [4.69, 9.17) is 16.3 Å². The summed E-state index contributed by atoms with van der Waals surface area (Å²) in [6, 6.07) is 5.88. The first-order chi connectivity index (χ1) is 10.2. The molecule has 1 N–H and O–H groups in total. The smallest absolute Gasteiger partial charge is 0.252 e. The molecule has 2 aliphatic heterocycles. The number of benzene rings is 1. The van der Waals surface area contributed by atoms with Crippen LogP contribution >= 0.6 is 11.6 Å². The van der Waals surface area contributed by atoms with Gasteiger partial charge in [0.2, 0.25) is 0 Å². The second-order valence-electron chi connectivity index (χ2n) is 5.78. The maximum atomic E-state index is 12.5. The van der Waals surface area contributed by atoms with Crippen LogP contribution in [0.15, 0.2) is 18.2 Å². The van der Waals surface area contributed by atoms with Crippen molar-refractivity contribution < 1.29 is 9.53 Å². The molecule has 0 aliphatic carbocycles. The van der Waals surface area contributed by atoms with E-state index in [1.807, 2.05) is 23.1 Å². The van der Waals surface area contributed by atoms with E-state index in [9.17, 15) is 4.79 Å². The lowest BCUT2D eigenvalue weighted by molar-refractivity contribution is -0.141. The second-order valence-corrected chi connectivity index (χ2v) is 6.22. The molecule has 1 aromatic heterocycles. The highest BCUT2D eigenvalue weighted by Crippen LogP contribution is 2.30. The number of carbonyl (C=O) groups excluding carboxylic acids is 1. The van der Waals surface area contributed by atoms with Gasteiger partial charge in [-0.1, -0.05) is 17.7 Å². The van der Waals surface area contributed by atoms with E-state index < -0.39 is 0 Å². The predicted octanol–water partition coefficient (Wildman–Crippen LogP) is 2.89. The number of nitrogens with zero attached hydrogens (tertiary/aromatic N) is 1. The lowest BCUT2D eigenvalue weighted by Gasteiger charge is -2.29. The Balaban J connectivity index is 1.64. The average Bonchev–Trinajstić information content (AvgIpc) is 3.12. The molecule has 3 heterocycles. The lowest BCUT2D eigenvalue weighted by atomic mass is 10.0. The number of halogens is 1. The molecule has 2 aliphatic rings. The van der Waals surface area contributed by atoms with E-state index in [2.05, 4.69) is 4.98 Å². The summed E-state index contributed by atoms with van der Waals surface area (Å²) in [6.07, 6.45) is 2.47. The minimum Gasteiger partial charge on any atom is -0.368 e. The van der Waals surface area contributed by atoms with Crippen molar-refractivity contribution in [3.63, 3.8) is 0 Å². The molecule has 1 atom stereocenters. The Bertz CT molecular complexity index is 704. The summed E-state index contributed by atoms with van der Waals surface area (Å²) in [5, 5.41) is 1.90. The monoisotopic (exact) mass is 304 g/mol. The standard InChI is InChI=1S/C16H17ClN2O2/c17-10-3-4-11-12-9-19(16(20)15-2-1-7-21-15)6-5-13(12)18-14(11)8-10/h3-4,8,15,18H,1-2,5-7,9H2. The van der Waals surface area contributed by atoms with Crippen molar-refractivity contribution in [2.24, 2.45) is 0 Å². The first kappa shape index (κ1) is 13.2. The van der Waals surface area contributed by atoms with Crippen LogP contribution in [0.5, 0.6) is 0 Å². The Hall–Kier alpha value is -1.52. The van der Waals surface area contributed by atoms with Gasteiger partial charge in [-0.2, -0.15) is 0 Å². The normalized spacial score (nSPS) is 21.8. The van der Waals surface area contributed by atoms with Crippen LogP contribution in [0, 0.1) is 0 Å². The number of carbonyl (C=O) groups is 1. The number of aromatic amines is 1. The summed E-state index contributed by atoms with van der Waals surface area (Å²) in [4.78, 5) is 17.9. The zero-order chi connectivity index (χ0) is 14.4. The number of hydrogen-bond acceptors (Lipinski definition) is 2. The topological polar surface area (TPSA) is 45.3 Å². The molecule has 0 spiro atoms. The number of aromatic nitrogens is 1. The van der Waals surface area contributed by atoms with Crippen LogP contribution in [-0.2, 0) is 22.5 Å². The fourth-order valence-electron chi connectivity index (χ4n) is 3.36. The molecule has 21 heavy (non-hydrogen) atoms. The van der Waals surface area contributed by atoms with Crippen LogP contribution in [0.1, 0.15) is 24.1 Å². The highest BCUT2D eigenvalue weighted by atomic mass is 35.5. The molecule has 110 valence electrons. The summed E-state index contributed by atoms with van der Waals surface area (Å²) in [7, 11) is 0. The number of hydrogen-bond donors (Lipinski definition) is 1. The van der Waals surface area contributed by atoms with Crippen molar-refractivity contribution in [1.29, 1.82) is 0 Å². The van der Waals surface area contributed by atoms with Gasteiger partial charge >= 0.3 is 0 Å². The van der Waals surface area contributed by atoms with Gasteiger partial charge in [-0.15, -0.1) is 0 Å². The summed E-state index contributed by atoms with van der Waals surface area (Å²) in [5.74, 6) is 0.140. The number of fused-ring (bicyclic) bond motifs is 3. The SMILES string of the molecule is O=C(C1CCCO1)N1CCc2[nH]c3cc(Cl)ccc3c2C1. The van der Waals surface area contributed by atoms with Crippen molar-refractivity contribution in [3.8, 4) is 0 Å². The molecular weight excluding hydrogens is 288 g/mol. The molecule has 1 aromatic carbocycles. The number of amides is 1. The predicted molar refractivity (Wildman–Crippen MR) is 81.4 cm³/mol. The van der Waals surface area contributed by atoms with E-state index in [0.29, 0.717) is 13.2 Å². The highest BCUT2D eigenvalue weighted by Gasteiger charge is 2.31. The molecular formula is C16H17ClN2O2. The Labute approximate surface area is 128 Å². The molecule has 0 bridgehead atoms. The molecule has 2 aromatic rings. The van der Waals surface area contributed by atoms with Gasteiger partial charge in [0.15, 0.2) is 0 Å². The third-order valence-corrected chi connectivity index (χ3v) is 4.69. The zero-order valence-corrected chi connectivity index (χ0v) is 12.4. The van der Waals surface area contributed by atoms with Crippen LogP contribution in [0.2, 0.25) is 5.02 Å². The van der Waals surface area contributed by atoms with E-state index >= 15 is 0 Å². The van der Waals surface area contributed by atoms with Gasteiger partial charge in [0.1, 0.15) is 6.10 Å². The maximum Gasteiger partial charge on any atom is 0.252 e. The van der Waals surface area contributed by atoms with Gasteiger partial charge in [0.25, 0.3) is 5.91 Å². The van der Waals surface area contributed by atoms with E-state index in [1.165, 1.54) is 16.6 Å². The van der Waals surface area contributed by atoms with Crippen LogP contribution in [-0.4, -0.2) is 35.0 Å². The third-order valence-electron chi connectivity index (χ3n) is 4.45. The van der Waals surface area contributed by atoms with E-state index in [0.717, 1.165) is 36.3 Å². The molecule has 4 nitrogen and oxygen atoms in total. The number of ether oxygens (including phenoxy) is 1. The minimum atomic E-state index is -0.230. The third kappa shape index (κ3) is 2.23. The quantitative estimate of drug-likeness (QED) is 0.880. The Morgan fingerprint density at radius 1 is 1.43 bits per heavy atom. The molecule has 1 unspecified atom stereocenters. The van der Waals surface area contributed by atoms with Gasteiger partial charge in [-0.05, 0) is 25.0 Å². The molecule has 1 amide bonds. The fraction of sp³-hybridized carbons (Fsp3) is 0.438. The Morgan fingerprint density at radius 3 is 3.14 bits per heavy atom. The van der Waals surface area contributed by atoms with Gasteiger partial charge in [0.05, 0.1) is 0 Å². The van der Waals surface area contributed by atoms with Crippen LogP contribution in [0.25, 0.3) is 10.9 Å². The second kappa shape index (κ2) is 5.04. The van der Waals surface area contributed by atoms with E-state index in [1.54, 1.807) is 0 Å². The van der Waals surface area contributed by atoms with Gasteiger partial charge < -0.3 is 14.6 Å². The summed E-state index contributed by atoms with van der Waals surface area (Å²) in [5.41, 5.74) is 3.50. The van der Waals surface area contributed by atoms with E-state index in [-0.39, 0.29) is 12.0 Å². The number of nitrogens with one attached hydrogen (secondary N) is 1. The van der Waals surface area contributed by atoms with Crippen LogP contribution in [0.4, 0.5) is 0 Å². The highest BCUT2D eigenvalue weighted by molar-refractivity contribution is 6.31. The van der Waals surface area contributed by atoms with Gasteiger partial charge in [-0.25, -0.2) is 0 Å². The van der Waals surface area contributed by atoms with Crippen molar-refractivity contribution in [2.45, 2.75) is 31.9 Å². The number of rotatable bonds is 1. The summed E-state index contributed by atoms with van der Waals surface area (Å²) < 4.78 is 5.52. The van der Waals surface area contributed by atoms with Crippen molar-refractivity contribution in [1.82, 2.24) is 9.88 Å². The molecule has 0 saturated carbocycles. The van der Waals surface area contributed by atoms with Crippen molar-refractivity contribution >= 4 is 28.4 Å². The molecule has 5 heteroatoms. The first-order valence-electron chi connectivity index (χ1n) is 7.42. The zero-order valence-electron chi connectivity index (χ0n) is 11.7. The molecule has 0 radical (unpaired) electrons. The van der Waals surface area contributed by atoms with Gasteiger partial charge in [-0.3, -0.25) is 4.79 Å². The van der Waals surface area contributed by atoms with Crippen LogP contribution < -0.4 is 0 Å². The molecule has 4 rings (SSSR count). The van der Waals surface area contributed by atoms with Crippen molar-refractivity contribution in [3.05, 3.63) is 34.5 Å². The number of H-pyrrole nitrogens is 1. The first-order valence-corrected chi connectivity index (χ1v) is 7.79. The average molecular weight is 305 g/mol. The lowest BCUT2D eigenvalue weighted by Crippen LogP contribution is -2.41. The Morgan fingerprint density at radius 2 is 2.33 bits per heavy atom. The van der Waals surface area contributed by atoms with Gasteiger partial charge in [0, 0.05) is 53.3 Å². The summed E-state index contributed by atoms with van der Waals surface area (Å²) in [6.45, 7) is 2.13. The summed E-state index contributed by atoms with van der Waals surface area (Å²) >= 11 is 6.05.